The fourth-order valence-corrected chi connectivity index (χ4v) is 3.02. The van der Waals surface area contributed by atoms with E-state index in [1.54, 1.807) is 24.5 Å². The van der Waals surface area contributed by atoms with Crippen LogP contribution in [0.15, 0.2) is 47.1 Å². The number of carbonyl (C=O) groups is 1. The lowest BCUT2D eigenvalue weighted by Gasteiger charge is -2.23. The zero-order chi connectivity index (χ0) is 16.9. The molecule has 3 rings (SSSR count). The SMILES string of the molecule is O=C(NCc1ccco1)[C@H]1CCCN1Cc1cccc([N+](=O)[O-])c1. The molecule has 2 aromatic rings. The first-order valence-corrected chi connectivity index (χ1v) is 7.91. The Morgan fingerprint density at radius 1 is 1.38 bits per heavy atom. The van der Waals surface area contributed by atoms with E-state index in [-0.39, 0.29) is 17.6 Å². The molecule has 0 saturated carbocycles. The number of non-ortho nitro benzene ring substituents is 1. The summed E-state index contributed by atoms with van der Waals surface area (Å²) in [5.41, 5.74) is 0.917. The topological polar surface area (TPSA) is 88.6 Å². The maximum Gasteiger partial charge on any atom is 0.269 e. The smallest absolute Gasteiger partial charge is 0.269 e. The number of hydrogen-bond donors (Lipinski definition) is 1. The van der Waals surface area contributed by atoms with Crippen molar-refractivity contribution in [3.63, 3.8) is 0 Å². The first kappa shape index (κ1) is 16.2. The third-order valence-electron chi connectivity index (χ3n) is 4.19. The summed E-state index contributed by atoms with van der Waals surface area (Å²) in [4.78, 5) is 25.0. The van der Waals surface area contributed by atoms with Crippen LogP contribution in [0.25, 0.3) is 0 Å². The van der Waals surface area contributed by atoms with Gasteiger partial charge in [0.2, 0.25) is 5.91 Å². The van der Waals surface area contributed by atoms with E-state index in [0.717, 1.165) is 24.9 Å². The van der Waals surface area contributed by atoms with Crippen LogP contribution in [0.2, 0.25) is 0 Å². The van der Waals surface area contributed by atoms with Crippen LogP contribution in [0.4, 0.5) is 5.69 Å². The van der Waals surface area contributed by atoms with E-state index in [0.29, 0.717) is 18.8 Å². The second-order valence-electron chi connectivity index (χ2n) is 5.85. The standard InChI is InChI=1S/C17H19N3O4/c21-17(18-11-15-6-3-9-24-15)16-7-2-8-19(16)12-13-4-1-5-14(10-13)20(22)23/h1,3-6,9-10,16H,2,7-8,11-12H2,(H,18,21)/t16-/m1/s1. The monoisotopic (exact) mass is 329 g/mol. The van der Waals surface area contributed by atoms with Gasteiger partial charge in [-0.05, 0) is 37.1 Å². The minimum absolute atomic E-state index is 0.0330. The lowest BCUT2D eigenvalue weighted by atomic mass is 10.1. The lowest BCUT2D eigenvalue weighted by molar-refractivity contribution is -0.384. The average molecular weight is 329 g/mol. The van der Waals surface area contributed by atoms with Gasteiger partial charge in [0.05, 0.1) is 23.8 Å². The lowest BCUT2D eigenvalue weighted by Crippen LogP contribution is -2.42. The fourth-order valence-electron chi connectivity index (χ4n) is 3.02. The summed E-state index contributed by atoms with van der Waals surface area (Å²) in [5, 5.41) is 13.8. The van der Waals surface area contributed by atoms with Gasteiger partial charge in [-0.25, -0.2) is 0 Å². The van der Waals surface area contributed by atoms with E-state index < -0.39 is 4.92 Å². The van der Waals surface area contributed by atoms with Crippen molar-refractivity contribution in [2.45, 2.75) is 32.0 Å². The van der Waals surface area contributed by atoms with Gasteiger partial charge in [-0.2, -0.15) is 0 Å². The van der Waals surface area contributed by atoms with E-state index in [9.17, 15) is 14.9 Å². The molecule has 1 aromatic carbocycles. The number of furan rings is 1. The molecule has 1 saturated heterocycles. The predicted octanol–water partition coefficient (Wildman–Crippen LogP) is 2.47. The molecule has 1 aliphatic heterocycles. The Bertz CT molecular complexity index is 714. The van der Waals surface area contributed by atoms with Gasteiger partial charge in [0, 0.05) is 18.7 Å². The molecule has 24 heavy (non-hydrogen) atoms. The molecule has 0 unspecified atom stereocenters. The molecule has 126 valence electrons. The Hall–Kier alpha value is -2.67. The van der Waals surface area contributed by atoms with Gasteiger partial charge in [-0.1, -0.05) is 12.1 Å². The second-order valence-corrected chi connectivity index (χ2v) is 5.85. The minimum atomic E-state index is -0.402. The van der Waals surface area contributed by atoms with Gasteiger partial charge < -0.3 is 9.73 Å². The Morgan fingerprint density at radius 3 is 3.00 bits per heavy atom. The predicted molar refractivity (Wildman–Crippen MR) is 87.1 cm³/mol. The first-order valence-electron chi connectivity index (χ1n) is 7.91. The molecule has 1 aliphatic rings. The van der Waals surface area contributed by atoms with Crippen molar-refractivity contribution in [2.75, 3.05) is 6.54 Å². The molecule has 7 heteroatoms. The van der Waals surface area contributed by atoms with Crippen molar-refractivity contribution < 1.29 is 14.1 Å². The van der Waals surface area contributed by atoms with E-state index in [4.69, 9.17) is 4.42 Å². The Morgan fingerprint density at radius 2 is 2.25 bits per heavy atom. The number of amides is 1. The van der Waals surface area contributed by atoms with Crippen LogP contribution in [0.1, 0.15) is 24.2 Å². The molecule has 1 atom stereocenters. The van der Waals surface area contributed by atoms with Crippen LogP contribution in [0.5, 0.6) is 0 Å². The molecular formula is C17H19N3O4. The van der Waals surface area contributed by atoms with Gasteiger partial charge in [0.25, 0.3) is 5.69 Å². The Labute approximate surface area is 139 Å². The van der Waals surface area contributed by atoms with E-state index >= 15 is 0 Å². The van der Waals surface area contributed by atoms with Crippen molar-refractivity contribution in [2.24, 2.45) is 0 Å². The minimum Gasteiger partial charge on any atom is -0.467 e. The third kappa shape index (κ3) is 3.80. The number of nitro benzene ring substituents is 1. The molecule has 7 nitrogen and oxygen atoms in total. The van der Waals surface area contributed by atoms with Gasteiger partial charge in [-0.15, -0.1) is 0 Å². The highest BCUT2D eigenvalue weighted by Gasteiger charge is 2.30. The summed E-state index contributed by atoms with van der Waals surface area (Å²) in [6, 6.07) is 9.95. The molecule has 0 radical (unpaired) electrons. The quantitative estimate of drug-likeness (QED) is 0.649. The summed E-state index contributed by atoms with van der Waals surface area (Å²) in [6.45, 7) is 1.70. The molecule has 1 aromatic heterocycles. The third-order valence-corrected chi connectivity index (χ3v) is 4.19. The van der Waals surface area contributed by atoms with E-state index in [1.807, 2.05) is 12.1 Å². The molecule has 1 fully saturated rings. The molecule has 0 aliphatic carbocycles. The van der Waals surface area contributed by atoms with Gasteiger partial charge in [-0.3, -0.25) is 19.8 Å². The average Bonchev–Trinajstić information content (AvgIpc) is 3.24. The maximum absolute atomic E-state index is 12.4. The van der Waals surface area contributed by atoms with E-state index in [2.05, 4.69) is 10.2 Å². The second kappa shape index (κ2) is 7.27. The van der Waals surface area contributed by atoms with Crippen LogP contribution in [-0.4, -0.2) is 28.3 Å². The highest BCUT2D eigenvalue weighted by atomic mass is 16.6. The van der Waals surface area contributed by atoms with Gasteiger partial charge in [0.15, 0.2) is 0 Å². The molecular weight excluding hydrogens is 310 g/mol. The largest absolute Gasteiger partial charge is 0.467 e. The number of nitrogens with zero attached hydrogens (tertiary/aromatic N) is 2. The number of carbonyl (C=O) groups excluding carboxylic acids is 1. The van der Waals surface area contributed by atoms with Crippen molar-refractivity contribution in [1.29, 1.82) is 0 Å². The summed E-state index contributed by atoms with van der Waals surface area (Å²) < 4.78 is 5.21. The van der Waals surface area contributed by atoms with Crippen LogP contribution in [0, 0.1) is 10.1 Å². The van der Waals surface area contributed by atoms with Crippen molar-refractivity contribution >= 4 is 11.6 Å². The number of nitrogens with one attached hydrogen (secondary N) is 1. The van der Waals surface area contributed by atoms with Crippen LogP contribution < -0.4 is 5.32 Å². The molecule has 1 N–H and O–H groups in total. The highest BCUT2D eigenvalue weighted by molar-refractivity contribution is 5.81. The number of hydrogen-bond acceptors (Lipinski definition) is 5. The zero-order valence-electron chi connectivity index (χ0n) is 13.2. The van der Waals surface area contributed by atoms with E-state index in [1.165, 1.54) is 6.07 Å². The fraction of sp³-hybridized carbons (Fsp3) is 0.353. The molecule has 2 heterocycles. The maximum atomic E-state index is 12.4. The van der Waals surface area contributed by atoms with Crippen molar-refractivity contribution in [1.82, 2.24) is 10.2 Å². The van der Waals surface area contributed by atoms with Gasteiger partial charge in [0.1, 0.15) is 5.76 Å². The molecule has 1 amide bonds. The highest BCUT2D eigenvalue weighted by Crippen LogP contribution is 2.22. The number of rotatable bonds is 6. The van der Waals surface area contributed by atoms with Crippen LogP contribution in [-0.2, 0) is 17.9 Å². The Balaban J connectivity index is 1.61. The molecule has 0 bridgehead atoms. The summed E-state index contributed by atoms with van der Waals surface area (Å²) in [6.07, 6.45) is 3.30. The summed E-state index contributed by atoms with van der Waals surface area (Å²) >= 11 is 0. The summed E-state index contributed by atoms with van der Waals surface area (Å²) in [5.74, 6) is 0.681. The Kier molecular flexibility index (Phi) is 4.90. The summed E-state index contributed by atoms with van der Waals surface area (Å²) in [7, 11) is 0. The first-order chi connectivity index (χ1) is 11.6. The molecule has 0 spiro atoms. The van der Waals surface area contributed by atoms with Gasteiger partial charge >= 0.3 is 0 Å². The van der Waals surface area contributed by atoms with Crippen molar-refractivity contribution in [3.8, 4) is 0 Å². The number of likely N-dealkylation sites (tertiary alicyclic amines) is 1. The van der Waals surface area contributed by atoms with Crippen LogP contribution in [0.3, 0.4) is 0 Å². The normalized spacial score (nSPS) is 17.8. The van der Waals surface area contributed by atoms with Crippen LogP contribution >= 0.6 is 0 Å². The number of benzene rings is 1. The van der Waals surface area contributed by atoms with Crippen molar-refractivity contribution in [3.05, 3.63) is 64.1 Å². The zero-order valence-corrected chi connectivity index (χ0v) is 13.2. The number of nitro groups is 1.